The predicted octanol–water partition coefficient (Wildman–Crippen LogP) is 6.88. The SMILES string of the molecule is CN(Cc1ccc(C2(C(F)(F)F)CCC2)cc1)Cc1cccc2ccccc12.Cl. The third-order valence-corrected chi connectivity index (χ3v) is 6.03. The zero-order valence-electron chi connectivity index (χ0n) is 16.4. The summed E-state index contributed by atoms with van der Waals surface area (Å²) in [6, 6.07) is 21.7. The Morgan fingerprint density at radius 2 is 1.52 bits per heavy atom. The van der Waals surface area contributed by atoms with Gasteiger partial charge in [0.2, 0.25) is 0 Å². The van der Waals surface area contributed by atoms with Crippen molar-refractivity contribution in [1.29, 1.82) is 0 Å². The average molecular weight is 420 g/mol. The molecule has 1 fully saturated rings. The van der Waals surface area contributed by atoms with Gasteiger partial charge >= 0.3 is 6.18 Å². The van der Waals surface area contributed by atoms with Crippen molar-refractivity contribution in [2.75, 3.05) is 7.05 Å². The Bertz CT molecular complexity index is 957. The highest BCUT2D eigenvalue weighted by Crippen LogP contribution is 2.54. The van der Waals surface area contributed by atoms with Crippen LogP contribution in [0.4, 0.5) is 13.2 Å². The van der Waals surface area contributed by atoms with Crippen LogP contribution < -0.4 is 0 Å². The molecule has 0 aliphatic heterocycles. The molecule has 0 amide bonds. The van der Waals surface area contributed by atoms with E-state index in [0.717, 1.165) is 12.1 Å². The smallest absolute Gasteiger partial charge is 0.298 e. The van der Waals surface area contributed by atoms with E-state index >= 15 is 0 Å². The Labute approximate surface area is 175 Å². The molecule has 0 atom stereocenters. The highest BCUT2D eigenvalue weighted by molar-refractivity contribution is 5.86. The summed E-state index contributed by atoms with van der Waals surface area (Å²) in [6.07, 6.45) is -3.11. The normalized spacial score (nSPS) is 15.8. The Hall–Kier alpha value is -2.04. The number of nitrogens with zero attached hydrogens (tertiary/aromatic N) is 1. The molecule has 1 saturated carbocycles. The fourth-order valence-electron chi connectivity index (χ4n) is 4.28. The summed E-state index contributed by atoms with van der Waals surface area (Å²) in [4.78, 5) is 2.19. The monoisotopic (exact) mass is 419 g/mol. The van der Waals surface area contributed by atoms with Crippen LogP contribution in [-0.4, -0.2) is 18.1 Å². The molecule has 0 N–H and O–H groups in total. The fourth-order valence-corrected chi connectivity index (χ4v) is 4.28. The molecule has 3 aromatic carbocycles. The minimum atomic E-state index is -4.17. The molecule has 1 aliphatic rings. The van der Waals surface area contributed by atoms with Gasteiger partial charge in [-0.2, -0.15) is 13.2 Å². The highest BCUT2D eigenvalue weighted by atomic mass is 35.5. The van der Waals surface area contributed by atoms with Crippen molar-refractivity contribution in [1.82, 2.24) is 4.90 Å². The molecule has 0 radical (unpaired) electrons. The van der Waals surface area contributed by atoms with Crippen molar-refractivity contribution >= 4 is 23.2 Å². The summed E-state index contributed by atoms with van der Waals surface area (Å²) >= 11 is 0. The molecule has 5 heteroatoms. The zero-order valence-corrected chi connectivity index (χ0v) is 17.2. The predicted molar refractivity (Wildman–Crippen MR) is 114 cm³/mol. The molecule has 154 valence electrons. The summed E-state index contributed by atoms with van der Waals surface area (Å²) in [6.45, 7) is 1.48. The second-order valence-corrected chi connectivity index (χ2v) is 7.94. The van der Waals surface area contributed by atoms with Crippen LogP contribution in [0.25, 0.3) is 10.8 Å². The molecule has 0 spiro atoms. The van der Waals surface area contributed by atoms with Gasteiger partial charge in [-0.25, -0.2) is 0 Å². The standard InChI is InChI=1S/C24H24F3N.ClH/c1-28(17-20-8-4-7-19-6-2-3-9-22(19)20)16-18-10-12-21(13-11-18)23(14-5-15-23)24(25,26)27;/h2-4,6-13H,5,14-17H2,1H3;1H. The molecular weight excluding hydrogens is 395 g/mol. The number of fused-ring (bicyclic) bond motifs is 1. The molecule has 29 heavy (non-hydrogen) atoms. The van der Waals surface area contributed by atoms with Gasteiger partial charge in [0, 0.05) is 13.1 Å². The third-order valence-electron chi connectivity index (χ3n) is 6.03. The van der Waals surface area contributed by atoms with E-state index in [4.69, 9.17) is 0 Å². The highest BCUT2D eigenvalue weighted by Gasteiger charge is 2.59. The first-order chi connectivity index (χ1) is 13.4. The lowest BCUT2D eigenvalue weighted by Gasteiger charge is -2.43. The van der Waals surface area contributed by atoms with E-state index in [-0.39, 0.29) is 25.2 Å². The molecule has 4 rings (SSSR count). The first kappa shape index (κ1) is 21.7. The van der Waals surface area contributed by atoms with Gasteiger partial charge in [0.05, 0.1) is 5.41 Å². The van der Waals surface area contributed by atoms with Crippen molar-refractivity contribution in [3.05, 3.63) is 83.4 Å². The van der Waals surface area contributed by atoms with Crippen molar-refractivity contribution in [3.8, 4) is 0 Å². The maximum atomic E-state index is 13.5. The minimum absolute atomic E-state index is 0. The van der Waals surface area contributed by atoms with Gasteiger partial charge in [-0.15, -0.1) is 12.4 Å². The van der Waals surface area contributed by atoms with E-state index in [1.165, 1.54) is 16.3 Å². The summed E-state index contributed by atoms with van der Waals surface area (Å²) in [5.41, 5.74) is 1.07. The van der Waals surface area contributed by atoms with E-state index in [0.29, 0.717) is 18.5 Å². The zero-order chi connectivity index (χ0) is 19.8. The van der Waals surface area contributed by atoms with Crippen LogP contribution in [-0.2, 0) is 18.5 Å². The van der Waals surface area contributed by atoms with E-state index in [2.05, 4.69) is 35.2 Å². The number of halogens is 4. The van der Waals surface area contributed by atoms with Gasteiger partial charge in [-0.3, -0.25) is 4.90 Å². The Kier molecular flexibility index (Phi) is 6.25. The lowest BCUT2D eigenvalue weighted by Crippen LogP contribution is -2.47. The second-order valence-electron chi connectivity index (χ2n) is 7.94. The summed E-state index contributed by atoms with van der Waals surface area (Å²) in [7, 11) is 2.04. The van der Waals surface area contributed by atoms with Gasteiger partial charge in [0.15, 0.2) is 0 Å². The van der Waals surface area contributed by atoms with E-state index in [9.17, 15) is 13.2 Å². The molecule has 3 aromatic rings. The Morgan fingerprint density at radius 1 is 0.862 bits per heavy atom. The first-order valence-corrected chi connectivity index (χ1v) is 9.70. The maximum Gasteiger partial charge on any atom is 0.398 e. The fraction of sp³-hybridized carbons (Fsp3) is 0.333. The molecule has 0 saturated heterocycles. The van der Waals surface area contributed by atoms with Crippen LogP contribution in [0, 0.1) is 0 Å². The third kappa shape index (κ3) is 4.15. The van der Waals surface area contributed by atoms with Gasteiger partial charge in [-0.1, -0.05) is 73.2 Å². The van der Waals surface area contributed by atoms with Crippen molar-refractivity contribution in [2.45, 2.75) is 43.9 Å². The molecular formula is C24H25ClF3N. The molecule has 0 aromatic heterocycles. The van der Waals surface area contributed by atoms with Crippen LogP contribution in [0.2, 0.25) is 0 Å². The quantitative estimate of drug-likeness (QED) is 0.435. The molecule has 0 unspecified atom stereocenters. The summed E-state index contributed by atoms with van der Waals surface area (Å²) in [5, 5.41) is 2.46. The van der Waals surface area contributed by atoms with Crippen LogP contribution in [0.5, 0.6) is 0 Å². The Morgan fingerprint density at radius 3 is 2.14 bits per heavy atom. The first-order valence-electron chi connectivity index (χ1n) is 9.70. The van der Waals surface area contributed by atoms with Crippen molar-refractivity contribution < 1.29 is 13.2 Å². The maximum absolute atomic E-state index is 13.5. The number of hydrogen-bond donors (Lipinski definition) is 0. The molecule has 1 aliphatic carbocycles. The molecule has 0 bridgehead atoms. The van der Waals surface area contributed by atoms with Crippen LogP contribution in [0.15, 0.2) is 66.7 Å². The van der Waals surface area contributed by atoms with Gasteiger partial charge in [-0.05, 0) is 47.4 Å². The van der Waals surface area contributed by atoms with Gasteiger partial charge in [0.25, 0.3) is 0 Å². The van der Waals surface area contributed by atoms with Gasteiger partial charge in [0.1, 0.15) is 0 Å². The van der Waals surface area contributed by atoms with E-state index < -0.39 is 11.6 Å². The van der Waals surface area contributed by atoms with Gasteiger partial charge < -0.3 is 0 Å². The number of benzene rings is 3. The average Bonchev–Trinajstić information content (AvgIpc) is 2.61. The van der Waals surface area contributed by atoms with Crippen LogP contribution in [0.3, 0.4) is 0 Å². The molecule has 1 nitrogen and oxygen atoms in total. The second kappa shape index (κ2) is 8.37. The minimum Gasteiger partial charge on any atom is -0.298 e. The summed E-state index contributed by atoms with van der Waals surface area (Å²) < 4.78 is 40.5. The lowest BCUT2D eigenvalue weighted by molar-refractivity contribution is -0.212. The van der Waals surface area contributed by atoms with Crippen molar-refractivity contribution in [3.63, 3.8) is 0 Å². The lowest BCUT2D eigenvalue weighted by atomic mass is 9.64. The largest absolute Gasteiger partial charge is 0.398 e. The Balaban J connectivity index is 0.00000240. The topological polar surface area (TPSA) is 3.24 Å². The van der Waals surface area contributed by atoms with Crippen LogP contribution >= 0.6 is 12.4 Å². The van der Waals surface area contributed by atoms with E-state index in [1.807, 2.05) is 31.3 Å². The summed E-state index contributed by atoms with van der Waals surface area (Å²) in [5.74, 6) is 0. The van der Waals surface area contributed by atoms with E-state index in [1.54, 1.807) is 12.1 Å². The molecule has 0 heterocycles. The van der Waals surface area contributed by atoms with Crippen LogP contribution in [0.1, 0.15) is 36.0 Å². The number of alkyl halides is 3. The van der Waals surface area contributed by atoms with Crippen molar-refractivity contribution in [2.24, 2.45) is 0 Å². The number of hydrogen-bond acceptors (Lipinski definition) is 1. The number of rotatable bonds is 5.